The van der Waals surface area contributed by atoms with Gasteiger partial charge in [-0.15, -0.1) is 0 Å². The molecule has 2 aromatic rings. The van der Waals surface area contributed by atoms with E-state index in [-0.39, 0.29) is 16.7 Å². The second-order valence-corrected chi connectivity index (χ2v) is 7.71. The van der Waals surface area contributed by atoms with Crippen molar-refractivity contribution in [2.24, 2.45) is 5.92 Å². The van der Waals surface area contributed by atoms with E-state index < -0.39 is 0 Å². The van der Waals surface area contributed by atoms with Crippen molar-refractivity contribution in [2.75, 3.05) is 5.32 Å². The Morgan fingerprint density at radius 1 is 1.38 bits per heavy atom. The van der Waals surface area contributed by atoms with Crippen LogP contribution in [0.4, 0.5) is 5.13 Å². The van der Waals surface area contributed by atoms with Gasteiger partial charge in [-0.25, -0.2) is 4.98 Å². The lowest BCUT2D eigenvalue weighted by Crippen LogP contribution is -2.26. The number of anilines is 1. The molecule has 0 saturated heterocycles. The van der Waals surface area contributed by atoms with Gasteiger partial charge in [0.15, 0.2) is 5.13 Å². The van der Waals surface area contributed by atoms with Crippen molar-refractivity contribution < 1.29 is 4.79 Å². The maximum absolute atomic E-state index is 12.1. The number of benzene rings is 1. The van der Waals surface area contributed by atoms with Crippen LogP contribution in [0.1, 0.15) is 45.6 Å². The van der Waals surface area contributed by atoms with Gasteiger partial charge < -0.3 is 5.32 Å². The molecule has 0 radical (unpaired) electrons. The van der Waals surface area contributed by atoms with Gasteiger partial charge in [-0.3, -0.25) is 4.79 Å². The van der Waals surface area contributed by atoms with Gasteiger partial charge in [-0.2, -0.15) is 0 Å². The maximum Gasteiger partial charge on any atom is 0.240 e. The van der Waals surface area contributed by atoms with Crippen LogP contribution in [-0.4, -0.2) is 15.7 Å². The lowest BCUT2D eigenvalue weighted by Gasteiger charge is -2.11. The third-order valence-electron chi connectivity index (χ3n) is 3.66. The highest BCUT2D eigenvalue weighted by Gasteiger charge is 2.20. The quantitative estimate of drug-likeness (QED) is 0.739. The second kappa shape index (κ2) is 6.88. The van der Waals surface area contributed by atoms with E-state index in [4.69, 9.17) is 0 Å². The molecule has 3 nitrogen and oxygen atoms in total. The molecule has 5 heteroatoms. The summed E-state index contributed by atoms with van der Waals surface area (Å²) in [5.41, 5.74) is 2.27. The first-order valence-corrected chi connectivity index (χ1v) is 9.01. The standard InChI is InChI=1S/C16H21BrN2OS/c1-5-10(4)11-6-7-12-13(8-11)21-16(18-12)19-15(20)14(17)9(2)3/h6-10,14H,5H2,1-4H3,(H,18,19,20)/t10-,14-/m1/s1. The molecule has 0 aliphatic rings. The average Bonchev–Trinajstić information content (AvgIpc) is 2.86. The fourth-order valence-corrected chi connectivity index (χ4v) is 3.05. The van der Waals surface area contributed by atoms with Crippen molar-refractivity contribution in [2.45, 2.75) is 44.9 Å². The van der Waals surface area contributed by atoms with Crippen LogP contribution in [0.2, 0.25) is 0 Å². The molecule has 1 aromatic heterocycles. The number of halogens is 1. The summed E-state index contributed by atoms with van der Waals surface area (Å²) < 4.78 is 1.12. The first-order chi connectivity index (χ1) is 9.92. The molecule has 1 amide bonds. The van der Waals surface area contributed by atoms with Gasteiger partial charge in [0.05, 0.1) is 15.0 Å². The molecule has 2 rings (SSSR count). The molecule has 0 saturated carbocycles. The van der Waals surface area contributed by atoms with Crippen LogP contribution in [-0.2, 0) is 4.79 Å². The molecule has 0 unspecified atom stereocenters. The molecular formula is C16H21BrN2OS. The van der Waals surface area contributed by atoms with Crippen molar-refractivity contribution in [3.05, 3.63) is 23.8 Å². The number of nitrogens with zero attached hydrogens (tertiary/aromatic N) is 1. The van der Waals surface area contributed by atoms with E-state index in [9.17, 15) is 4.79 Å². The smallest absolute Gasteiger partial charge is 0.240 e. The molecule has 1 heterocycles. The highest BCUT2D eigenvalue weighted by molar-refractivity contribution is 9.10. The molecule has 1 N–H and O–H groups in total. The van der Waals surface area contributed by atoms with Gasteiger partial charge in [-0.05, 0) is 36.0 Å². The summed E-state index contributed by atoms with van der Waals surface area (Å²) in [6.45, 7) is 8.43. The van der Waals surface area contributed by atoms with Crippen LogP contribution in [0, 0.1) is 5.92 Å². The molecular weight excluding hydrogens is 348 g/mol. The van der Waals surface area contributed by atoms with E-state index in [1.54, 1.807) is 0 Å². The summed E-state index contributed by atoms with van der Waals surface area (Å²) in [6, 6.07) is 6.35. The van der Waals surface area contributed by atoms with Crippen LogP contribution in [0.5, 0.6) is 0 Å². The SMILES string of the molecule is CC[C@@H](C)c1ccc2nc(NC(=O)[C@H](Br)C(C)C)sc2c1. The zero-order valence-corrected chi connectivity index (χ0v) is 15.2. The number of carbonyl (C=O) groups excluding carboxylic acids is 1. The number of aromatic nitrogens is 1. The topological polar surface area (TPSA) is 42.0 Å². The fourth-order valence-electron chi connectivity index (χ4n) is 2.01. The molecule has 1 aromatic carbocycles. The zero-order valence-electron chi connectivity index (χ0n) is 12.8. The van der Waals surface area contributed by atoms with Gasteiger partial charge in [0.25, 0.3) is 0 Å². The summed E-state index contributed by atoms with van der Waals surface area (Å²) in [4.78, 5) is 16.4. The number of carbonyl (C=O) groups is 1. The Bertz CT molecular complexity index is 638. The number of hydrogen-bond acceptors (Lipinski definition) is 3. The monoisotopic (exact) mass is 368 g/mol. The molecule has 0 aliphatic heterocycles. The minimum atomic E-state index is -0.194. The van der Waals surface area contributed by atoms with Gasteiger partial charge in [0.2, 0.25) is 5.91 Å². The first-order valence-electron chi connectivity index (χ1n) is 7.27. The average molecular weight is 369 g/mol. The number of nitrogens with one attached hydrogen (secondary N) is 1. The molecule has 0 fully saturated rings. The van der Waals surface area contributed by atoms with Crippen molar-refractivity contribution >= 4 is 48.5 Å². The van der Waals surface area contributed by atoms with E-state index in [2.05, 4.69) is 52.2 Å². The molecule has 21 heavy (non-hydrogen) atoms. The van der Waals surface area contributed by atoms with E-state index in [0.717, 1.165) is 16.6 Å². The third-order valence-corrected chi connectivity index (χ3v) is 6.07. The Hall–Kier alpha value is -0.940. The summed E-state index contributed by atoms with van der Waals surface area (Å²) >= 11 is 4.95. The van der Waals surface area contributed by atoms with Gasteiger partial charge in [-0.1, -0.05) is 61.0 Å². The van der Waals surface area contributed by atoms with E-state index >= 15 is 0 Å². The molecule has 0 bridgehead atoms. The number of rotatable bonds is 5. The largest absolute Gasteiger partial charge is 0.301 e. The predicted molar refractivity (Wildman–Crippen MR) is 94.5 cm³/mol. The van der Waals surface area contributed by atoms with Gasteiger partial charge in [0.1, 0.15) is 0 Å². The number of hydrogen-bond donors (Lipinski definition) is 1. The Morgan fingerprint density at radius 2 is 2.10 bits per heavy atom. The third kappa shape index (κ3) is 3.83. The Labute approximate surface area is 138 Å². The molecule has 0 spiro atoms. The highest BCUT2D eigenvalue weighted by Crippen LogP contribution is 2.30. The zero-order chi connectivity index (χ0) is 15.6. The highest BCUT2D eigenvalue weighted by atomic mass is 79.9. The summed E-state index contributed by atoms with van der Waals surface area (Å²) in [5, 5.41) is 3.56. The van der Waals surface area contributed by atoms with Crippen molar-refractivity contribution in [3.8, 4) is 0 Å². The number of amides is 1. The molecule has 114 valence electrons. The van der Waals surface area contributed by atoms with Gasteiger partial charge in [0, 0.05) is 0 Å². The van der Waals surface area contributed by atoms with Crippen LogP contribution in [0.15, 0.2) is 18.2 Å². The lowest BCUT2D eigenvalue weighted by molar-refractivity contribution is -0.116. The minimum absolute atomic E-state index is 0.0359. The number of thiazole rings is 1. The van der Waals surface area contributed by atoms with Crippen molar-refractivity contribution in [1.82, 2.24) is 4.98 Å². The lowest BCUT2D eigenvalue weighted by atomic mass is 9.99. The van der Waals surface area contributed by atoms with Crippen LogP contribution >= 0.6 is 27.3 Å². The first kappa shape index (κ1) is 16.4. The van der Waals surface area contributed by atoms with E-state index in [1.807, 2.05) is 19.9 Å². The summed E-state index contributed by atoms with van der Waals surface area (Å²) in [7, 11) is 0. The van der Waals surface area contributed by atoms with Crippen LogP contribution < -0.4 is 5.32 Å². The summed E-state index contributed by atoms with van der Waals surface area (Å²) in [5.74, 6) is 0.755. The Balaban J connectivity index is 2.21. The number of alkyl halides is 1. The minimum Gasteiger partial charge on any atom is -0.301 e. The summed E-state index contributed by atoms with van der Waals surface area (Å²) in [6.07, 6.45) is 1.12. The fraction of sp³-hybridized carbons (Fsp3) is 0.500. The van der Waals surface area contributed by atoms with Crippen molar-refractivity contribution in [1.29, 1.82) is 0 Å². The van der Waals surface area contributed by atoms with Crippen molar-refractivity contribution in [3.63, 3.8) is 0 Å². The van der Waals surface area contributed by atoms with Crippen LogP contribution in [0.25, 0.3) is 10.2 Å². The second-order valence-electron chi connectivity index (χ2n) is 5.69. The maximum atomic E-state index is 12.1. The predicted octanol–water partition coefficient (Wildman–Crippen LogP) is 5.17. The Kier molecular flexibility index (Phi) is 5.38. The van der Waals surface area contributed by atoms with Gasteiger partial charge >= 0.3 is 0 Å². The van der Waals surface area contributed by atoms with E-state index in [1.165, 1.54) is 16.9 Å². The normalized spacial score (nSPS) is 14.4. The number of fused-ring (bicyclic) bond motifs is 1. The van der Waals surface area contributed by atoms with E-state index in [0.29, 0.717) is 11.0 Å². The Morgan fingerprint density at radius 3 is 2.71 bits per heavy atom. The van der Waals surface area contributed by atoms with Crippen LogP contribution in [0.3, 0.4) is 0 Å². The molecule has 2 atom stereocenters. The molecule has 0 aliphatic carbocycles.